The Kier molecular flexibility index (Phi) is 4.38. The van der Waals surface area contributed by atoms with E-state index in [1.807, 2.05) is 54.6 Å². The van der Waals surface area contributed by atoms with Gasteiger partial charge in [-0.25, -0.2) is 0 Å². The minimum absolute atomic E-state index is 0.413. The molecule has 1 aromatic heterocycles. The first-order chi connectivity index (χ1) is 11.2. The smallest absolute Gasteiger partial charge is 0.313 e. The van der Waals surface area contributed by atoms with Crippen molar-refractivity contribution in [1.29, 1.82) is 0 Å². The Bertz CT molecular complexity index is 844. The van der Waals surface area contributed by atoms with Crippen LogP contribution in [0.2, 0.25) is 0 Å². The SMILES string of the molecule is O=c1c[n+]([O-])c(Cc2cccc(OCc3ccccc3)c2)c[nH]1. The van der Waals surface area contributed by atoms with E-state index in [0.29, 0.717) is 23.5 Å². The molecule has 116 valence electrons. The van der Waals surface area contributed by atoms with Gasteiger partial charge in [0.2, 0.25) is 11.9 Å². The second-order valence-electron chi connectivity index (χ2n) is 5.20. The van der Waals surface area contributed by atoms with Gasteiger partial charge in [-0.15, -0.1) is 0 Å². The molecule has 0 radical (unpaired) electrons. The van der Waals surface area contributed by atoms with Gasteiger partial charge in [-0.1, -0.05) is 42.5 Å². The van der Waals surface area contributed by atoms with Crippen LogP contribution in [-0.2, 0) is 13.0 Å². The molecule has 0 atom stereocenters. The predicted molar refractivity (Wildman–Crippen MR) is 86.0 cm³/mol. The van der Waals surface area contributed by atoms with E-state index in [1.165, 1.54) is 6.20 Å². The molecule has 0 saturated carbocycles. The van der Waals surface area contributed by atoms with Crippen LogP contribution in [0.5, 0.6) is 5.75 Å². The van der Waals surface area contributed by atoms with Crippen LogP contribution in [-0.4, -0.2) is 4.98 Å². The van der Waals surface area contributed by atoms with Crippen LogP contribution in [0.15, 0.2) is 71.8 Å². The summed E-state index contributed by atoms with van der Waals surface area (Å²) in [6, 6.07) is 17.5. The summed E-state index contributed by atoms with van der Waals surface area (Å²) in [6.45, 7) is 0.491. The van der Waals surface area contributed by atoms with E-state index in [0.717, 1.165) is 23.1 Å². The lowest BCUT2D eigenvalue weighted by molar-refractivity contribution is -0.615. The van der Waals surface area contributed by atoms with Crippen molar-refractivity contribution in [1.82, 2.24) is 4.98 Å². The number of nitrogens with one attached hydrogen (secondary N) is 1. The molecule has 5 heteroatoms. The van der Waals surface area contributed by atoms with Crippen molar-refractivity contribution >= 4 is 0 Å². The molecule has 3 rings (SSSR count). The maximum Gasteiger partial charge on any atom is 0.313 e. The number of ether oxygens (including phenoxy) is 1. The van der Waals surface area contributed by atoms with Crippen LogP contribution >= 0.6 is 0 Å². The highest BCUT2D eigenvalue weighted by molar-refractivity contribution is 5.30. The van der Waals surface area contributed by atoms with E-state index in [2.05, 4.69) is 4.98 Å². The monoisotopic (exact) mass is 308 g/mol. The number of aromatic amines is 1. The molecule has 0 spiro atoms. The van der Waals surface area contributed by atoms with Crippen molar-refractivity contribution in [3.8, 4) is 5.75 Å². The molecule has 0 aliphatic heterocycles. The minimum atomic E-state index is -0.413. The van der Waals surface area contributed by atoms with E-state index < -0.39 is 5.56 Å². The second kappa shape index (κ2) is 6.79. The molecule has 0 amide bonds. The second-order valence-corrected chi connectivity index (χ2v) is 5.20. The average Bonchev–Trinajstić information content (AvgIpc) is 2.57. The van der Waals surface area contributed by atoms with Gasteiger partial charge in [0.1, 0.15) is 12.4 Å². The van der Waals surface area contributed by atoms with Crippen LogP contribution in [0.25, 0.3) is 0 Å². The Morgan fingerprint density at radius 3 is 2.61 bits per heavy atom. The summed E-state index contributed by atoms with van der Waals surface area (Å²) in [5.74, 6) is 0.744. The van der Waals surface area contributed by atoms with Crippen molar-refractivity contribution in [2.24, 2.45) is 0 Å². The van der Waals surface area contributed by atoms with E-state index in [-0.39, 0.29) is 0 Å². The highest BCUT2D eigenvalue weighted by Crippen LogP contribution is 2.16. The number of hydrogen-bond donors (Lipinski definition) is 1. The Labute approximate surface area is 133 Å². The fraction of sp³-hybridized carbons (Fsp3) is 0.111. The first-order valence-corrected chi connectivity index (χ1v) is 7.27. The zero-order valence-corrected chi connectivity index (χ0v) is 12.4. The number of nitrogens with zero attached hydrogens (tertiary/aromatic N) is 1. The summed E-state index contributed by atoms with van der Waals surface area (Å²) >= 11 is 0. The van der Waals surface area contributed by atoms with E-state index in [1.54, 1.807) is 0 Å². The lowest BCUT2D eigenvalue weighted by atomic mass is 10.1. The van der Waals surface area contributed by atoms with Gasteiger partial charge >= 0.3 is 5.56 Å². The van der Waals surface area contributed by atoms with Gasteiger partial charge in [0, 0.05) is 0 Å². The van der Waals surface area contributed by atoms with Crippen LogP contribution in [0.4, 0.5) is 0 Å². The van der Waals surface area contributed by atoms with Gasteiger partial charge in [-0.05, 0) is 23.3 Å². The summed E-state index contributed by atoms with van der Waals surface area (Å²) in [5, 5.41) is 11.7. The molecule has 1 heterocycles. The molecule has 5 nitrogen and oxygen atoms in total. The van der Waals surface area contributed by atoms with Crippen LogP contribution in [0, 0.1) is 5.21 Å². The Hall–Kier alpha value is -3.08. The number of aromatic nitrogens is 2. The zero-order valence-electron chi connectivity index (χ0n) is 12.4. The maximum atomic E-state index is 11.7. The number of rotatable bonds is 5. The number of H-pyrrole nitrogens is 1. The summed E-state index contributed by atoms with van der Waals surface area (Å²) in [6.07, 6.45) is 2.85. The highest BCUT2D eigenvalue weighted by Gasteiger charge is 2.08. The lowest BCUT2D eigenvalue weighted by Crippen LogP contribution is -2.36. The van der Waals surface area contributed by atoms with Crippen molar-refractivity contribution in [3.63, 3.8) is 0 Å². The molecule has 3 aromatic rings. The topological polar surface area (TPSA) is 69.0 Å². The quantitative estimate of drug-likeness (QED) is 0.580. The van der Waals surface area contributed by atoms with Gasteiger partial charge in [0.05, 0.1) is 12.6 Å². The van der Waals surface area contributed by atoms with Gasteiger partial charge in [0.25, 0.3) is 0 Å². The van der Waals surface area contributed by atoms with Crippen molar-refractivity contribution in [2.45, 2.75) is 13.0 Å². The third-order valence-corrected chi connectivity index (χ3v) is 3.43. The third kappa shape index (κ3) is 3.97. The predicted octanol–water partition coefficient (Wildman–Crippen LogP) is 2.18. The van der Waals surface area contributed by atoms with Crippen molar-refractivity contribution in [2.75, 3.05) is 0 Å². The Balaban J connectivity index is 1.71. The molecule has 0 bridgehead atoms. The van der Waals surface area contributed by atoms with Gasteiger partial charge in [-0.2, -0.15) is 4.73 Å². The Morgan fingerprint density at radius 2 is 1.83 bits per heavy atom. The highest BCUT2D eigenvalue weighted by atomic mass is 16.5. The van der Waals surface area contributed by atoms with Crippen LogP contribution in [0.1, 0.15) is 16.8 Å². The molecule has 1 N–H and O–H groups in total. The maximum absolute atomic E-state index is 11.7. The third-order valence-electron chi connectivity index (χ3n) is 3.43. The van der Waals surface area contributed by atoms with Crippen LogP contribution < -0.4 is 15.0 Å². The fourth-order valence-electron chi connectivity index (χ4n) is 2.27. The van der Waals surface area contributed by atoms with Crippen LogP contribution in [0.3, 0.4) is 0 Å². The summed E-state index contributed by atoms with van der Waals surface area (Å²) in [7, 11) is 0. The Morgan fingerprint density at radius 1 is 1.04 bits per heavy atom. The van der Waals surface area contributed by atoms with Crippen molar-refractivity contribution < 1.29 is 9.47 Å². The first-order valence-electron chi connectivity index (χ1n) is 7.27. The van der Waals surface area contributed by atoms with Gasteiger partial charge in [0.15, 0.2) is 0 Å². The largest absolute Gasteiger partial charge is 0.618 e. The number of hydrogen-bond acceptors (Lipinski definition) is 3. The summed E-state index contributed by atoms with van der Waals surface area (Å²) in [5.41, 5.74) is 2.09. The molecule has 23 heavy (non-hydrogen) atoms. The first kappa shape index (κ1) is 14.8. The molecule has 0 unspecified atom stereocenters. The normalized spacial score (nSPS) is 10.4. The summed E-state index contributed by atoms with van der Waals surface area (Å²) in [4.78, 5) is 13.6. The molecule has 0 aliphatic rings. The molecule has 0 saturated heterocycles. The zero-order chi connectivity index (χ0) is 16.1. The fourth-order valence-corrected chi connectivity index (χ4v) is 2.27. The van der Waals surface area contributed by atoms with E-state index >= 15 is 0 Å². The minimum Gasteiger partial charge on any atom is -0.618 e. The molecule has 0 aliphatic carbocycles. The average molecular weight is 308 g/mol. The van der Waals surface area contributed by atoms with Gasteiger partial charge in [-0.3, -0.25) is 4.79 Å². The van der Waals surface area contributed by atoms with E-state index in [4.69, 9.17) is 4.74 Å². The summed E-state index contributed by atoms with van der Waals surface area (Å²) < 4.78 is 6.37. The molecule has 0 fully saturated rings. The molecular weight excluding hydrogens is 292 g/mol. The van der Waals surface area contributed by atoms with E-state index in [9.17, 15) is 10.0 Å². The standard InChI is InChI=1S/C18H16N2O3/c21-18-12-20(22)16(11-19-18)9-15-7-4-8-17(10-15)23-13-14-5-2-1-3-6-14/h1-8,10-12H,9,13H2,(H,19,21). The molecular formula is C18H16N2O3. The number of benzene rings is 2. The molecule has 2 aromatic carbocycles. The van der Waals surface area contributed by atoms with Crippen molar-refractivity contribution in [3.05, 3.63) is 99.4 Å². The lowest BCUT2D eigenvalue weighted by Gasteiger charge is -2.08. The van der Waals surface area contributed by atoms with Gasteiger partial charge < -0.3 is 14.9 Å².